The maximum Gasteiger partial charge on any atom is 0.259 e. The van der Waals surface area contributed by atoms with E-state index >= 15 is 0 Å². The summed E-state index contributed by atoms with van der Waals surface area (Å²) in [6.07, 6.45) is 2.36. The minimum atomic E-state index is -0.147. The van der Waals surface area contributed by atoms with Crippen molar-refractivity contribution in [2.75, 3.05) is 13.1 Å². The molecule has 1 aliphatic rings. The number of nitrogens with zero attached hydrogens (tertiary/aromatic N) is 2. The van der Waals surface area contributed by atoms with Crippen molar-refractivity contribution < 1.29 is 9.53 Å². The van der Waals surface area contributed by atoms with E-state index in [4.69, 9.17) is 33.7 Å². The van der Waals surface area contributed by atoms with Crippen LogP contribution in [0.1, 0.15) is 16.8 Å². The zero-order chi connectivity index (χ0) is 16.4. The molecule has 9 heteroatoms. The van der Waals surface area contributed by atoms with E-state index in [0.29, 0.717) is 34.4 Å². The first-order valence-electron chi connectivity index (χ1n) is 7.17. The quantitative estimate of drug-likeness (QED) is 0.801. The molecule has 0 spiro atoms. The fourth-order valence-corrected chi connectivity index (χ4v) is 2.89. The lowest BCUT2D eigenvalue weighted by Gasteiger charge is -2.17. The highest BCUT2D eigenvalue weighted by Crippen LogP contribution is 2.32. The molecule has 0 saturated carbocycles. The third-order valence-corrected chi connectivity index (χ3v) is 4.14. The van der Waals surface area contributed by atoms with Crippen molar-refractivity contribution in [1.29, 1.82) is 0 Å². The molecule has 0 unspecified atom stereocenters. The molecule has 0 radical (unpaired) electrons. The number of amides is 1. The van der Waals surface area contributed by atoms with E-state index in [1.807, 2.05) is 0 Å². The molecule has 2 aromatic rings. The lowest BCUT2D eigenvalue weighted by Crippen LogP contribution is -2.32. The molecule has 1 aromatic heterocycles. The molecule has 1 fully saturated rings. The number of hydrogen-bond donors (Lipinski definition) is 1. The Morgan fingerprint density at radius 1 is 1.28 bits per heavy atom. The number of likely N-dealkylation sites (tertiary alicyclic amines) is 1. The molecule has 0 aliphatic carbocycles. The van der Waals surface area contributed by atoms with E-state index in [1.165, 1.54) is 0 Å². The van der Waals surface area contributed by atoms with Crippen LogP contribution in [0.5, 0.6) is 11.6 Å². The van der Waals surface area contributed by atoms with Gasteiger partial charge in [0.1, 0.15) is 11.3 Å². The third kappa shape index (κ3) is 5.12. The Labute approximate surface area is 168 Å². The Morgan fingerprint density at radius 2 is 2.04 bits per heavy atom. The van der Waals surface area contributed by atoms with Gasteiger partial charge in [0.15, 0.2) is 0 Å². The largest absolute Gasteiger partial charge is 0.437 e. The minimum absolute atomic E-state index is 0. The molecule has 2 heterocycles. The van der Waals surface area contributed by atoms with Crippen molar-refractivity contribution in [3.8, 4) is 11.6 Å². The monoisotopic (exact) mass is 423 g/mol. The molecule has 1 aliphatic heterocycles. The highest BCUT2D eigenvalue weighted by molar-refractivity contribution is 6.35. The Bertz CT molecular complexity index is 745. The standard InChI is InChI=1S/C16H15Cl2N3O2.2ClH/c17-10-3-4-14(13(18)8-10)23-15-12(2-1-6-20-15)16(22)21-7-5-11(19)9-21;;/h1-4,6,8,11H,5,7,9,19H2;2*1H/t11-;;/m0../s1. The molecule has 136 valence electrons. The number of hydrogen-bond acceptors (Lipinski definition) is 4. The Hall–Kier alpha value is -1.24. The van der Waals surface area contributed by atoms with Gasteiger partial charge in [-0.1, -0.05) is 23.2 Å². The summed E-state index contributed by atoms with van der Waals surface area (Å²) in [7, 11) is 0. The lowest BCUT2D eigenvalue weighted by molar-refractivity contribution is 0.0787. The van der Waals surface area contributed by atoms with Gasteiger partial charge in [-0.05, 0) is 36.8 Å². The van der Waals surface area contributed by atoms with Gasteiger partial charge >= 0.3 is 0 Å². The summed E-state index contributed by atoms with van der Waals surface area (Å²) < 4.78 is 5.72. The number of carbonyl (C=O) groups is 1. The van der Waals surface area contributed by atoms with Gasteiger partial charge in [0.25, 0.3) is 5.91 Å². The van der Waals surface area contributed by atoms with Crippen molar-refractivity contribution >= 4 is 53.9 Å². The molecule has 25 heavy (non-hydrogen) atoms. The van der Waals surface area contributed by atoms with E-state index in [1.54, 1.807) is 41.4 Å². The molecule has 3 rings (SSSR count). The van der Waals surface area contributed by atoms with Gasteiger partial charge in [-0.2, -0.15) is 0 Å². The van der Waals surface area contributed by atoms with Gasteiger partial charge in [-0.25, -0.2) is 4.98 Å². The van der Waals surface area contributed by atoms with E-state index in [-0.39, 0.29) is 42.6 Å². The van der Waals surface area contributed by atoms with Crippen molar-refractivity contribution in [2.24, 2.45) is 5.73 Å². The first kappa shape index (κ1) is 21.8. The van der Waals surface area contributed by atoms with Gasteiger partial charge in [0.05, 0.1) is 5.02 Å². The van der Waals surface area contributed by atoms with Crippen molar-refractivity contribution in [2.45, 2.75) is 12.5 Å². The smallest absolute Gasteiger partial charge is 0.259 e. The number of nitrogens with two attached hydrogens (primary N) is 1. The third-order valence-electron chi connectivity index (χ3n) is 3.61. The van der Waals surface area contributed by atoms with E-state index in [2.05, 4.69) is 4.98 Å². The van der Waals surface area contributed by atoms with Crippen LogP contribution in [0.2, 0.25) is 10.0 Å². The fraction of sp³-hybridized carbons (Fsp3) is 0.250. The highest BCUT2D eigenvalue weighted by Gasteiger charge is 2.27. The van der Waals surface area contributed by atoms with E-state index in [0.717, 1.165) is 6.42 Å². The summed E-state index contributed by atoms with van der Waals surface area (Å²) in [6.45, 7) is 1.17. The zero-order valence-electron chi connectivity index (χ0n) is 13.0. The molecular formula is C16H17Cl4N3O2. The van der Waals surface area contributed by atoms with Crippen LogP contribution in [0.3, 0.4) is 0 Å². The molecular weight excluding hydrogens is 408 g/mol. The summed E-state index contributed by atoms with van der Waals surface area (Å²) in [5.41, 5.74) is 6.25. The molecule has 1 saturated heterocycles. The average molecular weight is 425 g/mol. The van der Waals surface area contributed by atoms with Gasteiger partial charge < -0.3 is 15.4 Å². The minimum Gasteiger partial charge on any atom is -0.437 e. The van der Waals surface area contributed by atoms with Crippen LogP contribution in [0.15, 0.2) is 36.5 Å². The van der Waals surface area contributed by atoms with Crippen LogP contribution in [0.25, 0.3) is 0 Å². The number of carbonyl (C=O) groups excluding carboxylic acids is 1. The molecule has 5 nitrogen and oxygen atoms in total. The first-order chi connectivity index (χ1) is 11.0. The maximum atomic E-state index is 12.6. The second kappa shape index (κ2) is 9.46. The van der Waals surface area contributed by atoms with E-state index in [9.17, 15) is 4.79 Å². The summed E-state index contributed by atoms with van der Waals surface area (Å²) in [6, 6.07) is 8.26. The van der Waals surface area contributed by atoms with Gasteiger partial charge in [0.2, 0.25) is 5.88 Å². The predicted octanol–water partition coefficient (Wildman–Crippen LogP) is 4.20. The summed E-state index contributed by atoms with van der Waals surface area (Å²) in [5, 5.41) is 0.857. The maximum absolute atomic E-state index is 12.6. The van der Waals surface area contributed by atoms with Crippen LogP contribution in [-0.4, -0.2) is 34.9 Å². The molecule has 0 bridgehead atoms. The molecule has 1 aromatic carbocycles. The van der Waals surface area contributed by atoms with Crippen LogP contribution < -0.4 is 10.5 Å². The SMILES string of the molecule is Cl.Cl.N[C@H]1CCN(C(=O)c2cccnc2Oc2ccc(Cl)cc2Cl)C1. The van der Waals surface area contributed by atoms with E-state index < -0.39 is 0 Å². The lowest BCUT2D eigenvalue weighted by atomic mass is 10.2. The summed E-state index contributed by atoms with van der Waals surface area (Å²) >= 11 is 12.0. The summed E-state index contributed by atoms with van der Waals surface area (Å²) in [4.78, 5) is 18.5. The van der Waals surface area contributed by atoms with Crippen molar-refractivity contribution in [3.05, 3.63) is 52.1 Å². The zero-order valence-corrected chi connectivity index (χ0v) is 16.2. The van der Waals surface area contributed by atoms with Crippen molar-refractivity contribution in [3.63, 3.8) is 0 Å². The van der Waals surface area contributed by atoms with Gasteiger partial charge in [0, 0.05) is 30.4 Å². The van der Waals surface area contributed by atoms with Crippen LogP contribution in [-0.2, 0) is 0 Å². The first-order valence-corrected chi connectivity index (χ1v) is 7.93. The Balaban J connectivity index is 0.00000156. The summed E-state index contributed by atoms with van der Waals surface area (Å²) in [5.74, 6) is 0.454. The van der Waals surface area contributed by atoms with Crippen LogP contribution in [0.4, 0.5) is 0 Å². The van der Waals surface area contributed by atoms with Gasteiger partial charge in [-0.15, -0.1) is 24.8 Å². The molecule has 1 atom stereocenters. The predicted molar refractivity (Wildman–Crippen MR) is 104 cm³/mol. The number of pyridine rings is 1. The topological polar surface area (TPSA) is 68.5 Å². The average Bonchev–Trinajstić information content (AvgIpc) is 2.96. The van der Waals surface area contributed by atoms with Crippen LogP contribution in [0, 0.1) is 0 Å². The Kier molecular flexibility index (Phi) is 8.25. The molecule has 1 amide bonds. The normalized spacial score (nSPS) is 16.0. The second-order valence-electron chi connectivity index (χ2n) is 5.33. The highest BCUT2D eigenvalue weighted by atomic mass is 35.5. The molecule has 2 N–H and O–H groups in total. The van der Waals surface area contributed by atoms with Crippen molar-refractivity contribution in [1.82, 2.24) is 9.88 Å². The van der Waals surface area contributed by atoms with Crippen LogP contribution >= 0.6 is 48.0 Å². The number of ether oxygens (including phenoxy) is 1. The number of halogens is 4. The number of aromatic nitrogens is 1. The fourth-order valence-electron chi connectivity index (χ4n) is 2.44. The van der Waals surface area contributed by atoms with Gasteiger partial charge in [-0.3, -0.25) is 4.79 Å². The number of rotatable bonds is 3. The second-order valence-corrected chi connectivity index (χ2v) is 6.18. The number of benzene rings is 1. The Morgan fingerprint density at radius 3 is 2.68 bits per heavy atom.